The molecule has 0 saturated carbocycles. The van der Waals surface area contributed by atoms with Crippen molar-refractivity contribution in [3.05, 3.63) is 87.1 Å². The van der Waals surface area contributed by atoms with Crippen molar-refractivity contribution in [1.29, 1.82) is 0 Å². The van der Waals surface area contributed by atoms with Crippen molar-refractivity contribution in [3.63, 3.8) is 0 Å². The van der Waals surface area contributed by atoms with E-state index in [0.29, 0.717) is 28.8 Å². The molecule has 2 aromatic carbocycles. The van der Waals surface area contributed by atoms with Gasteiger partial charge in [0, 0.05) is 15.5 Å². The first-order chi connectivity index (χ1) is 15.5. The predicted octanol–water partition coefficient (Wildman–Crippen LogP) is 5.88. The average Bonchev–Trinajstić information content (AvgIpc) is 3.43. The van der Waals surface area contributed by atoms with Crippen LogP contribution in [0.3, 0.4) is 0 Å². The second-order valence-electron chi connectivity index (χ2n) is 6.91. The van der Waals surface area contributed by atoms with Crippen LogP contribution in [0.4, 0.5) is 0 Å². The Balaban J connectivity index is 1.34. The van der Waals surface area contributed by atoms with Crippen LogP contribution < -0.4 is 14.8 Å². The molecule has 0 radical (unpaired) electrons. The van der Waals surface area contributed by atoms with E-state index in [1.807, 2.05) is 55.5 Å². The molecular weight excluding hydrogens is 448 g/mol. The highest BCUT2D eigenvalue weighted by atomic mass is 35.5. The van der Waals surface area contributed by atoms with Crippen molar-refractivity contribution in [2.24, 2.45) is 0 Å². The minimum Gasteiger partial charge on any atom is -0.493 e. The van der Waals surface area contributed by atoms with Crippen LogP contribution in [0.1, 0.15) is 26.2 Å². The van der Waals surface area contributed by atoms with Gasteiger partial charge in [0.1, 0.15) is 17.4 Å². The average molecular weight is 469 g/mol. The van der Waals surface area contributed by atoms with Crippen LogP contribution in [-0.2, 0) is 13.2 Å². The first kappa shape index (κ1) is 21.9. The number of thiazole rings is 1. The van der Waals surface area contributed by atoms with Gasteiger partial charge in [-0.3, -0.25) is 4.79 Å². The molecule has 0 atom stereocenters. The van der Waals surface area contributed by atoms with E-state index < -0.39 is 0 Å². The van der Waals surface area contributed by atoms with Crippen LogP contribution in [0.25, 0.3) is 11.3 Å². The van der Waals surface area contributed by atoms with E-state index >= 15 is 0 Å². The maximum Gasteiger partial charge on any atom is 0.287 e. The van der Waals surface area contributed by atoms with Crippen LogP contribution in [0.15, 0.2) is 65.1 Å². The SMILES string of the molecule is COc1ccccc1OCc1ccc(C(=O)NCc2nc(-c3ccc(Cl)cc3)c(C)s2)o1. The first-order valence-electron chi connectivity index (χ1n) is 9.88. The number of methoxy groups -OCH3 is 1. The van der Waals surface area contributed by atoms with E-state index in [4.69, 9.17) is 25.5 Å². The summed E-state index contributed by atoms with van der Waals surface area (Å²) in [6.07, 6.45) is 0. The molecule has 0 unspecified atom stereocenters. The summed E-state index contributed by atoms with van der Waals surface area (Å²) >= 11 is 7.51. The van der Waals surface area contributed by atoms with Crippen LogP contribution in [0.2, 0.25) is 5.02 Å². The van der Waals surface area contributed by atoms with Gasteiger partial charge in [0.25, 0.3) is 5.91 Å². The topological polar surface area (TPSA) is 73.6 Å². The zero-order valence-corrected chi connectivity index (χ0v) is 19.1. The summed E-state index contributed by atoms with van der Waals surface area (Å²) in [6, 6.07) is 18.2. The lowest BCUT2D eigenvalue weighted by Crippen LogP contribution is -2.22. The van der Waals surface area contributed by atoms with Gasteiger partial charge in [0.2, 0.25) is 0 Å². The molecule has 0 aliphatic carbocycles. The van der Waals surface area contributed by atoms with Crippen molar-refractivity contribution in [3.8, 4) is 22.8 Å². The number of rotatable bonds is 8. The number of hydrogen-bond donors (Lipinski definition) is 1. The zero-order valence-electron chi connectivity index (χ0n) is 17.6. The number of hydrogen-bond acceptors (Lipinski definition) is 6. The molecule has 4 aromatic rings. The van der Waals surface area contributed by atoms with Gasteiger partial charge in [-0.15, -0.1) is 11.3 Å². The molecule has 2 aromatic heterocycles. The van der Waals surface area contributed by atoms with E-state index in [2.05, 4.69) is 10.3 Å². The van der Waals surface area contributed by atoms with Crippen LogP contribution >= 0.6 is 22.9 Å². The summed E-state index contributed by atoms with van der Waals surface area (Å²) in [5.41, 5.74) is 1.89. The number of amides is 1. The highest BCUT2D eigenvalue weighted by Crippen LogP contribution is 2.29. The largest absolute Gasteiger partial charge is 0.493 e. The standard InChI is InChI=1S/C24H21ClN2O4S/c1-15-23(16-7-9-17(25)10-8-16)27-22(32-15)13-26-24(28)21-12-11-18(31-21)14-30-20-6-4-3-5-19(20)29-2/h3-12H,13-14H2,1-2H3,(H,26,28). The minimum atomic E-state index is -0.311. The third kappa shape index (κ3) is 5.12. The van der Waals surface area contributed by atoms with Gasteiger partial charge in [0.15, 0.2) is 17.3 Å². The van der Waals surface area contributed by atoms with E-state index in [1.54, 1.807) is 30.6 Å². The van der Waals surface area contributed by atoms with Crippen molar-refractivity contribution in [1.82, 2.24) is 10.3 Å². The molecule has 0 spiro atoms. The van der Waals surface area contributed by atoms with Crippen molar-refractivity contribution in [2.75, 3.05) is 7.11 Å². The number of nitrogens with zero attached hydrogens (tertiary/aromatic N) is 1. The number of nitrogens with one attached hydrogen (secondary N) is 1. The first-order valence-corrected chi connectivity index (χ1v) is 11.1. The van der Waals surface area contributed by atoms with Crippen molar-refractivity contribution >= 4 is 28.8 Å². The smallest absolute Gasteiger partial charge is 0.287 e. The monoisotopic (exact) mass is 468 g/mol. The molecule has 164 valence electrons. The third-order valence-electron chi connectivity index (χ3n) is 4.68. The fourth-order valence-electron chi connectivity index (χ4n) is 3.11. The summed E-state index contributed by atoms with van der Waals surface area (Å²) in [4.78, 5) is 18.2. The van der Waals surface area contributed by atoms with Gasteiger partial charge in [0.05, 0.1) is 19.3 Å². The molecule has 1 N–H and O–H groups in total. The van der Waals surface area contributed by atoms with Crippen LogP contribution in [0.5, 0.6) is 11.5 Å². The molecule has 1 amide bonds. The molecule has 0 saturated heterocycles. The number of ether oxygens (including phenoxy) is 2. The lowest BCUT2D eigenvalue weighted by Gasteiger charge is -2.08. The van der Waals surface area contributed by atoms with Gasteiger partial charge in [-0.25, -0.2) is 4.98 Å². The van der Waals surface area contributed by atoms with Crippen molar-refractivity contribution in [2.45, 2.75) is 20.1 Å². The fraction of sp³-hybridized carbons (Fsp3) is 0.167. The molecule has 4 rings (SSSR count). The third-order valence-corrected chi connectivity index (χ3v) is 5.91. The van der Waals surface area contributed by atoms with E-state index in [-0.39, 0.29) is 18.3 Å². The highest BCUT2D eigenvalue weighted by Gasteiger charge is 2.15. The summed E-state index contributed by atoms with van der Waals surface area (Å²) in [5.74, 6) is 1.68. The van der Waals surface area contributed by atoms with Gasteiger partial charge >= 0.3 is 0 Å². The maximum atomic E-state index is 12.5. The molecule has 32 heavy (non-hydrogen) atoms. The number of carbonyl (C=O) groups is 1. The summed E-state index contributed by atoms with van der Waals surface area (Å²) < 4.78 is 16.6. The number of benzene rings is 2. The molecule has 0 bridgehead atoms. The highest BCUT2D eigenvalue weighted by molar-refractivity contribution is 7.12. The normalized spacial score (nSPS) is 10.7. The number of aryl methyl sites for hydroxylation is 1. The Hall–Kier alpha value is -3.29. The molecule has 6 nitrogen and oxygen atoms in total. The maximum absolute atomic E-state index is 12.5. The summed E-state index contributed by atoms with van der Waals surface area (Å²) in [6.45, 7) is 2.50. The molecule has 8 heteroatoms. The molecule has 2 heterocycles. The van der Waals surface area contributed by atoms with Gasteiger partial charge in [-0.1, -0.05) is 35.9 Å². The summed E-state index contributed by atoms with van der Waals surface area (Å²) in [5, 5.41) is 4.35. The quantitative estimate of drug-likeness (QED) is 0.349. The number of carbonyl (C=O) groups excluding carboxylic acids is 1. The Morgan fingerprint density at radius 2 is 1.84 bits per heavy atom. The lowest BCUT2D eigenvalue weighted by molar-refractivity contribution is 0.0919. The Morgan fingerprint density at radius 1 is 1.09 bits per heavy atom. The zero-order chi connectivity index (χ0) is 22.5. The molecule has 0 aliphatic rings. The van der Waals surface area contributed by atoms with Crippen molar-refractivity contribution < 1.29 is 18.7 Å². The number of furan rings is 1. The van der Waals surface area contributed by atoms with Gasteiger partial charge in [-0.2, -0.15) is 0 Å². The minimum absolute atomic E-state index is 0.184. The second-order valence-corrected chi connectivity index (χ2v) is 8.63. The van der Waals surface area contributed by atoms with E-state index in [1.165, 1.54) is 0 Å². The van der Waals surface area contributed by atoms with Crippen LogP contribution in [0, 0.1) is 6.92 Å². The Kier molecular flexibility index (Phi) is 6.78. The summed E-state index contributed by atoms with van der Waals surface area (Å²) in [7, 11) is 1.58. The Labute approximate surface area is 194 Å². The van der Waals surface area contributed by atoms with Gasteiger partial charge in [-0.05, 0) is 43.3 Å². The number of halogens is 1. The number of aromatic nitrogens is 1. The van der Waals surface area contributed by atoms with E-state index in [9.17, 15) is 4.79 Å². The molecule has 0 fully saturated rings. The van der Waals surface area contributed by atoms with E-state index in [0.717, 1.165) is 21.1 Å². The Morgan fingerprint density at radius 3 is 2.59 bits per heavy atom. The molecular formula is C24H21ClN2O4S. The fourth-order valence-corrected chi connectivity index (χ4v) is 4.13. The predicted molar refractivity (Wildman–Crippen MR) is 125 cm³/mol. The number of para-hydroxylation sites is 2. The molecule has 0 aliphatic heterocycles. The lowest BCUT2D eigenvalue weighted by atomic mass is 10.1. The van der Waals surface area contributed by atoms with Crippen LogP contribution in [-0.4, -0.2) is 18.0 Å². The Bertz CT molecular complexity index is 1220. The second kappa shape index (κ2) is 9.89. The van der Waals surface area contributed by atoms with Gasteiger partial charge < -0.3 is 19.2 Å².